The molecular weight excluding hydrogens is 248 g/mol. The van der Waals surface area contributed by atoms with Gasteiger partial charge in [-0.05, 0) is 0 Å². The first-order chi connectivity index (χ1) is 9.76. The SMILES string of the molecule is C=CCN1CN(CC=C)C2C1N(CC=C)CN2CC=C. The minimum absolute atomic E-state index is 0.394. The number of hydrogen-bond donors (Lipinski definition) is 0. The van der Waals surface area contributed by atoms with Crippen LogP contribution >= 0.6 is 0 Å². The molecule has 0 atom stereocenters. The van der Waals surface area contributed by atoms with Gasteiger partial charge in [0.15, 0.2) is 0 Å². The van der Waals surface area contributed by atoms with Crippen LogP contribution in [-0.4, -0.2) is 71.4 Å². The molecule has 20 heavy (non-hydrogen) atoms. The van der Waals surface area contributed by atoms with Gasteiger partial charge in [0.05, 0.1) is 25.7 Å². The third-order valence-corrected chi connectivity index (χ3v) is 3.94. The lowest BCUT2D eigenvalue weighted by Gasteiger charge is -2.28. The maximum Gasteiger partial charge on any atom is 0.0948 e. The van der Waals surface area contributed by atoms with Crippen LogP contribution in [0.3, 0.4) is 0 Å². The Morgan fingerprint density at radius 3 is 1.05 bits per heavy atom. The van der Waals surface area contributed by atoms with Gasteiger partial charge in [0, 0.05) is 26.2 Å². The maximum atomic E-state index is 3.89. The standard InChI is InChI=1S/C16H26N4/c1-5-9-17-13-18(10-6-2)16-15(17)19(11-7-3)14-20(16)12-8-4/h5-8,15-16H,1-4,9-14H2. The van der Waals surface area contributed by atoms with E-state index in [1.165, 1.54) is 0 Å². The number of hydrogen-bond acceptors (Lipinski definition) is 4. The van der Waals surface area contributed by atoms with E-state index in [-0.39, 0.29) is 0 Å². The second-order valence-corrected chi connectivity index (χ2v) is 5.35. The first kappa shape index (κ1) is 15.2. The van der Waals surface area contributed by atoms with Crippen LogP contribution in [0.2, 0.25) is 0 Å². The molecule has 2 aliphatic heterocycles. The fourth-order valence-corrected chi connectivity index (χ4v) is 3.34. The normalized spacial score (nSPS) is 28.4. The Labute approximate surface area is 122 Å². The van der Waals surface area contributed by atoms with Crippen LogP contribution in [0.15, 0.2) is 50.6 Å². The number of fused-ring (bicyclic) bond motifs is 1. The first-order valence-corrected chi connectivity index (χ1v) is 7.16. The van der Waals surface area contributed by atoms with E-state index < -0.39 is 0 Å². The van der Waals surface area contributed by atoms with Crippen molar-refractivity contribution in [3.8, 4) is 0 Å². The Bertz CT molecular complexity index is 311. The average Bonchev–Trinajstić information content (AvgIpc) is 2.93. The summed E-state index contributed by atoms with van der Waals surface area (Å²) in [6.07, 6.45) is 8.72. The largest absolute Gasteiger partial charge is 0.268 e. The molecule has 0 aromatic rings. The summed E-state index contributed by atoms with van der Waals surface area (Å²) in [6.45, 7) is 21.1. The molecule has 0 unspecified atom stereocenters. The Balaban J connectivity index is 2.23. The minimum Gasteiger partial charge on any atom is -0.268 e. The maximum absolute atomic E-state index is 3.89. The molecule has 0 N–H and O–H groups in total. The average molecular weight is 274 g/mol. The molecule has 2 rings (SSSR count). The van der Waals surface area contributed by atoms with Gasteiger partial charge >= 0.3 is 0 Å². The second-order valence-electron chi connectivity index (χ2n) is 5.35. The van der Waals surface area contributed by atoms with E-state index >= 15 is 0 Å². The van der Waals surface area contributed by atoms with Crippen molar-refractivity contribution in [2.24, 2.45) is 0 Å². The van der Waals surface area contributed by atoms with Gasteiger partial charge in [-0.25, -0.2) is 0 Å². The molecule has 0 amide bonds. The highest BCUT2D eigenvalue weighted by atomic mass is 15.6. The van der Waals surface area contributed by atoms with Crippen molar-refractivity contribution in [2.45, 2.75) is 12.3 Å². The van der Waals surface area contributed by atoms with Crippen molar-refractivity contribution < 1.29 is 0 Å². The zero-order valence-electron chi connectivity index (χ0n) is 12.3. The quantitative estimate of drug-likeness (QED) is 0.622. The van der Waals surface area contributed by atoms with Gasteiger partial charge < -0.3 is 0 Å². The van der Waals surface area contributed by atoms with Crippen molar-refractivity contribution in [1.29, 1.82) is 0 Å². The van der Waals surface area contributed by atoms with Crippen LogP contribution in [0.1, 0.15) is 0 Å². The molecular formula is C16H26N4. The first-order valence-electron chi connectivity index (χ1n) is 7.16. The van der Waals surface area contributed by atoms with Crippen LogP contribution in [0.5, 0.6) is 0 Å². The van der Waals surface area contributed by atoms with Gasteiger partial charge in [0.2, 0.25) is 0 Å². The summed E-state index contributed by atoms with van der Waals surface area (Å²) in [7, 11) is 0. The lowest BCUT2D eigenvalue weighted by atomic mass is 10.3. The molecule has 0 aromatic carbocycles. The minimum atomic E-state index is 0.394. The summed E-state index contributed by atoms with van der Waals surface area (Å²) in [6, 6.07) is 0. The molecule has 2 heterocycles. The molecule has 2 fully saturated rings. The van der Waals surface area contributed by atoms with Crippen LogP contribution in [0, 0.1) is 0 Å². The van der Waals surface area contributed by atoms with E-state index in [0.717, 1.165) is 39.5 Å². The summed E-state index contributed by atoms with van der Waals surface area (Å²) in [4.78, 5) is 9.86. The van der Waals surface area contributed by atoms with Crippen molar-refractivity contribution in [3.63, 3.8) is 0 Å². The van der Waals surface area contributed by atoms with E-state index in [4.69, 9.17) is 0 Å². The van der Waals surface area contributed by atoms with Gasteiger partial charge in [-0.2, -0.15) is 0 Å². The third-order valence-electron chi connectivity index (χ3n) is 3.94. The highest BCUT2D eigenvalue weighted by Crippen LogP contribution is 2.32. The van der Waals surface area contributed by atoms with Crippen molar-refractivity contribution >= 4 is 0 Å². The van der Waals surface area contributed by atoms with Crippen molar-refractivity contribution in [3.05, 3.63) is 50.6 Å². The Hall–Kier alpha value is -1.20. The number of nitrogens with zero attached hydrogens (tertiary/aromatic N) is 4. The molecule has 0 aliphatic carbocycles. The predicted molar refractivity (Wildman–Crippen MR) is 84.9 cm³/mol. The van der Waals surface area contributed by atoms with Crippen LogP contribution in [0.25, 0.3) is 0 Å². The van der Waals surface area contributed by atoms with Crippen molar-refractivity contribution in [1.82, 2.24) is 19.6 Å². The summed E-state index contributed by atoms with van der Waals surface area (Å²) in [5.41, 5.74) is 0. The monoisotopic (exact) mass is 274 g/mol. The van der Waals surface area contributed by atoms with Gasteiger partial charge in [0.25, 0.3) is 0 Å². The zero-order valence-corrected chi connectivity index (χ0v) is 12.3. The summed E-state index contributed by atoms with van der Waals surface area (Å²) in [5, 5.41) is 0. The summed E-state index contributed by atoms with van der Waals surface area (Å²) >= 11 is 0. The van der Waals surface area contributed by atoms with Crippen LogP contribution < -0.4 is 0 Å². The fourth-order valence-electron chi connectivity index (χ4n) is 3.34. The molecule has 0 saturated carbocycles. The van der Waals surface area contributed by atoms with E-state index in [1.54, 1.807) is 0 Å². The molecule has 2 saturated heterocycles. The second kappa shape index (κ2) is 6.99. The van der Waals surface area contributed by atoms with E-state index in [1.807, 2.05) is 24.3 Å². The molecule has 110 valence electrons. The van der Waals surface area contributed by atoms with E-state index in [0.29, 0.717) is 12.3 Å². The lowest BCUT2D eigenvalue weighted by Crippen LogP contribution is -2.46. The molecule has 2 aliphatic rings. The predicted octanol–water partition coefficient (Wildman–Crippen LogP) is 1.53. The number of rotatable bonds is 8. The van der Waals surface area contributed by atoms with Gasteiger partial charge in [0.1, 0.15) is 0 Å². The fraction of sp³-hybridized carbons (Fsp3) is 0.500. The Morgan fingerprint density at radius 1 is 0.600 bits per heavy atom. The smallest absolute Gasteiger partial charge is 0.0948 e. The van der Waals surface area contributed by atoms with Crippen LogP contribution in [0.4, 0.5) is 0 Å². The Kier molecular flexibility index (Phi) is 5.31. The molecule has 0 spiro atoms. The van der Waals surface area contributed by atoms with Crippen molar-refractivity contribution in [2.75, 3.05) is 39.5 Å². The third kappa shape index (κ3) is 2.79. The molecule has 0 bridgehead atoms. The zero-order chi connectivity index (χ0) is 14.5. The molecule has 0 aromatic heterocycles. The summed E-state index contributed by atoms with van der Waals surface area (Å²) < 4.78 is 0. The highest BCUT2D eigenvalue weighted by molar-refractivity contribution is 5.02. The van der Waals surface area contributed by atoms with Gasteiger partial charge in [-0.3, -0.25) is 19.6 Å². The molecule has 0 radical (unpaired) electrons. The lowest BCUT2D eigenvalue weighted by molar-refractivity contribution is 0.106. The van der Waals surface area contributed by atoms with E-state index in [2.05, 4.69) is 45.9 Å². The van der Waals surface area contributed by atoms with Crippen LogP contribution in [-0.2, 0) is 0 Å². The van der Waals surface area contributed by atoms with E-state index in [9.17, 15) is 0 Å². The highest BCUT2D eigenvalue weighted by Gasteiger charge is 2.49. The molecule has 4 nitrogen and oxygen atoms in total. The summed E-state index contributed by atoms with van der Waals surface area (Å²) in [5.74, 6) is 0. The Morgan fingerprint density at radius 2 is 0.850 bits per heavy atom. The van der Waals surface area contributed by atoms with Gasteiger partial charge in [-0.1, -0.05) is 24.3 Å². The topological polar surface area (TPSA) is 13.0 Å². The molecule has 4 heteroatoms. The van der Waals surface area contributed by atoms with Gasteiger partial charge in [-0.15, -0.1) is 26.3 Å².